The average molecular weight is 1800 g/mol. The van der Waals surface area contributed by atoms with Gasteiger partial charge in [0.2, 0.25) is 23.6 Å². The number of phosphoric acid groups is 2. The van der Waals surface area contributed by atoms with Crippen LogP contribution in [0.4, 0.5) is 0 Å². The van der Waals surface area contributed by atoms with Gasteiger partial charge in [0.25, 0.3) is 15.6 Å². The number of allylic oxidation sites excluding steroid dienone is 4. The van der Waals surface area contributed by atoms with Crippen molar-refractivity contribution < 1.29 is 149 Å². The Bertz CT molecular complexity index is 2660. The first-order chi connectivity index (χ1) is 58.8. The molecule has 1 aromatic rings. The Labute approximate surface area is 791 Å². The van der Waals surface area contributed by atoms with E-state index in [1.165, 1.54) is 128 Å². The van der Waals surface area contributed by atoms with E-state index >= 15 is 0 Å². The molecule has 0 aliphatic carbocycles. The van der Waals surface area contributed by atoms with E-state index in [2.05, 4.69) is 92.4 Å². The topological polar surface area (TPSA) is 326 Å². The van der Waals surface area contributed by atoms with Crippen LogP contribution in [0, 0.1) is 5.92 Å². The molecule has 0 saturated heterocycles. The fourth-order valence-electron chi connectivity index (χ4n) is 14.1. The Morgan fingerprint density at radius 2 is 0.691 bits per heavy atom. The third kappa shape index (κ3) is 78.9. The third-order valence-corrected chi connectivity index (χ3v) is 23.4. The van der Waals surface area contributed by atoms with Crippen LogP contribution in [-0.2, 0) is 81.4 Å². The van der Waals surface area contributed by atoms with E-state index in [0.29, 0.717) is 88.7 Å². The number of unbranched alkanes of at least 4 members (excludes halogenated alkanes) is 38. The SMILES string of the molecule is CCCCCC/C=C\CCCC(=O)OC(CCCCCCC)CCOCC(COP(=O)([O-])OCCNC(=O)C(Cc1ccc(OCCNC)cc1)C(=O)NCCOP(=O)([O-])OCC(COCCC(CCCCCCC)OC(=O)CCC/C=C\CCCCCC)NC(=O)CCCCCCCCCCCCC)NC(=O)CCCCCCCCCCCCC.[Na+].[Na+]. The minimum Gasteiger partial charge on any atom is -0.756 e. The van der Waals surface area contributed by atoms with Gasteiger partial charge in [-0.05, 0) is 121 Å². The monoisotopic (exact) mass is 1800 g/mol. The molecular formula is C95H173N5Na2O19P2. The number of esters is 2. The van der Waals surface area contributed by atoms with E-state index in [9.17, 15) is 47.7 Å². The molecule has 6 unspecified atom stereocenters. The number of carbonyl (C=O) groups is 6. The normalized spacial score (nSPS) is 13.7. The summed E-state index contributed by atoms with van der Waals surface area (Å²) in [5, 5.41) is 14.0. The average Bonchev–Trinajstić information content (AvgIpc) is 0.859. The van der Waals surface area contributed by atoms with Crippen LogP contribution in [0.25, 0.3) is 0 Å². The summed E-state index contributed by atoms with van der Waals surface area (Å²) >= 11 is 0. The van der Waals surface area contributed by atoms with E-state index in [1.54, 1.807) is 31.3 Å². The first kappa shape index (κ1) is 122. The molecule has 5 N–H and O–H groups in total. The number of carbonyl (C=O) groups excluding carboxylic acids is 6. The van der Waals surface area contributed by atoms with Gasteiger partial charge in [-0.3, -0.25) is 37.9 Å². The van der Waals surface area contributed by atoms with Crippen molar-refractivity contribution in [2.75, 3.05) is 86.1 Å². The van der Waals surface area contributed by atoms with Gasteiger partial charge in [0.1, 0.15) is 30.5 Å². The molecule has 0 aromatic heterocycles. The Kier molecular flexibility index (Phi) is 88.3. The maximum absolute atomic E-state index is 14.1. The van der Waals surface area contributed by atoms with Gasteiger partial charge in [0.05, 0.1) is 64.9 Å². The molecule has 0 aliphatic heterocycles. The first-order valence-corrected chi connectivity index (χ1v) is 51.3. The quantitative estimate of drug-likeness (QED) is 0.0101. The van der Waals surface area contributed by atoms with Crippen LogP contribution in [0.3, 0.4) is 0 Å². The minimum atomic E-state index is -5.09. The molecule has 1 rings (SSSR count). The van der Waals surface area contributed by atoms with Gasteiger partial charge in [-0.1, -0.05) is 296 Å². The summed E-state index contributed by atoms with van der Waals surface area (Å²) < 4.78 is 78.1. The number of nitrogens with one attached hydrogen (secondary N) is 5. The van der Waals surface area contributed by atoms with E-state index in [-0.39, 0.29) is 154 Å². The van der Waals surface area contributed by atoms with Crippen molar-refractivity contribution in [1.82, 2.24) is 26.6 Å². The minimum absolute atomic E-state index is 0. The van der Waals surface area contributed by atoms with Gasteiger partial charge in [0.15, 0.2) is 0 Å². The zero-order valence-electron chi connectivity index (χ0n) is 79.0. The molecule has 0 heterocycles. The second-order valence-corrected chi connectivity index (χ2v) is 35.8. The molecule has 704 valence electrons. The number of rotatable bonds is 90. The first-order valence-electron chi connectivity index (χ1n) is 48.4. The second-order valence-electron chi connectivity index (χ2n) is 33.0. The fourth-order valence-corrected chi connectivity index (χ4v) is 15.6. The molecule has 4 amide bonds. The standard InChI is InChI=1S/C95H175N5O19P2.2Na/c1-8-14-20-26-30-34-36-40-42-48-54-60-90(101)99-84(79-111-73-68-87(58-52-46-24-18-12-5)118-92(103)62-56-50-44-38-32-28-22-16-10-3)81-116-120(107,108)114-76-71-97-94(105)89(78-83-64-66-86(67-65-83)113-75-70-96-7)95(106)98-72-77-115-121(109,110)117-82-85(100-91(102)61-55-49-43-41-37-35-31-27-21-15-9-2)80-112-74-69-88(59-53-47-25-19-13-6)119-93(104)63-57-51-45-39-33-29-23-17-11-4;;/h38-39,44-45,64-67,84-85,87-89,96H,8-37,40-43,46-63,68-82H2,1-7H3,(H,97,105)(H,98,106)(H,99,101)(H,100,102)(H,107,108)(H,109,110);;/q;2*+1/p-2/b44-38-,45-39-;;. The molecule has 6 atom stereocenters. The number of hydrogen-bond donors (Lipinski definition) is 5. The zero-order chi connectivity index (χ0) is 88.4. The molecule has 0 radical (unpaired) electrons. The third-order valence-electron chi connectivity index (χ3n) is 21.5. The molecule has 0 spiro atoms. The van der Waals surface area contributed by atoms with Crippen LogP contribution in [0.2, 0.25) is 0 Å². The Morgan fingerprint density at radius 3 is 1.04 bits per heavy atom. The summed E-state index contributed by atoms with van der Waals surface area (Å²) in [6.45, 7) is 11.3. The van der Waals surface area contributed by atoms with Crippen molar-refractivity contribution in [3.8, 4) is 5.75 Å². The van der Waals surface area contributed by atoms with E-state index in [1.807, 2.05) is 0 Å². The maximum Gasteiger partial charge on any atom is 1.00 e. The summed E-state index contributed by atoms with van der Waals surface area (Å²) in [6.07, 6.45) is 60.9. The number of phosphoric ester groups is 2. The Hall–Kier alpha value is -2.58. The Balaban J connectivity index is 0. The summed E-state index contributed by atoms with van der Waals surface area (Å²) in [6, 6.07) is 5.01. The van der Waals surface area contributed by atoms with Gasteiger partial charge >= 0.3 is 71.1 Å². The largest absolute Gasteiger partial charge is 1.00 e. The number of ether oxygens (including phenoxy) is 5. The smallest absolute Gasteiger partial charge is 0.756 e. The molecule has 0 bridgehead atoms. The summed E-state index contributed by atoms with van der Waals surface area (Å²) in [7, 11) is -8.38. The molecule has 0 aliphatic rings. The number of hydrogen-bond acceptors (Lipinski definition) is 20. The van der Waals surface area contributed by atoms with Gasteiger partial charge < -0.3 is 78.2 Å². The van der Waals surface area contributed by atoms with Gasteiger partial charge in [-0.25, -0.2) is 0 Å². The molecule has 0 saturated carbocycles. The van der Waals surface area contributed by atoms with Crippen molar-refractivity contribution in [2.45, 2.75) is 419 Å². The molecule has 0 fully saturated rings. The summed E-state index contributed by atoms with van der Waals surface area (Å²) in [4.78, 5) is 108. The van der Waals surface area contributed by atoms with Gasteiger partial charge in [0, 0.05) is 58.2 Å². The Morgan fingerprint density at radius 1 is 0.366 bits per heavy atom. The summed E-state index contributed by atoms with van der Waals surface area (Å²) in [5.41, 5.74) is 0.574. The number of benzene rings is 1. The van der Waals surface area contributed by atoms with E-state index in [4.69, 9.17) is 41.8 Å². The molecular weight excluding hydrogens is 1620 g/mol. The van der Waals surface area contributed by atoms with Crippen molar-refractivity contribution in [2.24, 2.45) is 5.92 Å². The van der Waals surface area contributed by atoms with Crippen molar-refractivity contribution >= 4 is 51.2 Å². The van der Waals surface area contributed by atoms with E-state index < -0.39 is 71.9 Å². The second kappa shape index (κ2) is 88.7. The molecule has 1 aromatic carbocycles. The van der Waals surface area contributed by atoms with Crippen molar-refractivity contribution in [1.29, 1.82) is 0 Å². The van der Waals surface area contributed by atoms with Crippen LogP contribution in [0.5, 0.6) is 5.75 Å². The maximum atomic E-state index is 14.1. The van der Waals surface area contributed by atoms with Gasteiger partial charge in [-0.2, -0.15) is 0 Å². The number of amides is 4. The van der Waals surface area contributed by atoms with Crippen LogP contribution in [-0.4, -0.2) is 146 Å². The molecule has 24 nitrogen and oxygen atoms in total. The van der Waals surface area contributed by atoms with Crippen LogP contribution in [0.15, 0.2) is 48.6 Å². The molecule has 123 heavy (non-hydrogen) atoms. The van der Waals surface area contributed by atoms with Crippen LogP contribution >= 0.6 is 15.6 Å². The van der Waals surface area contributed by atoms with Crippen molar-refractivity contribution in [3.63, 3.8) is 0 Å². The van der Waals surface area contributed by atoms with Gasteiger partial charge in [-0.15, -0.1) is 0 Å². The predicted molar refractivity (Wildman–Crippen MR) is 485 cm³/mol. The number of likely N-dealkylation sites (N-methyl/N-ethyl adjacent to an activating group) is 1. The fraction of sp³-hybridized carbons (Fsp3) is 0.832. The predicted octanol–water partition coefficient (Wildman–Crippen LogP) is 14.8. The summed E-state index contributed by atoms with van der Waals surface area (Å²) in [5.74, 6) is -3.52. The van der Waals surface area contributed by atoms with E-state index in [0.717, 1.165) is 141 Å². The zero-order valence-corrected chi connectivity index (χ0v) is 84.8. The molecule has 28 heteroatoms. The van der Waals surface area contributed by atoms with Crippen molar-refractivity contribution in [3.05, 3.63) is 54.1 Å². The van der Waals surface area contributed by atoms with Crippen LogP contribution < -0.4 is 100 Å². The van der Waals surface area contributed by atoms with Crippen LogP contribution in [0.1, 0.15) is 394 Å².